The Kier molecular flexibility index (Phi) is 6.21. The normalized spacial score (nSPS) is 22.4. The van der Waals surface area contributed by atoms with Gasteiger partial charge in [-0.2, -0.15) is 8.78 Å². The van der Waals surface area contributed by atoms with Gasteiger partial charge in [-0.1, -0.05) is 13.0 Å². The van der Waals surface area contributed by atoms with Crippen LogP contribution in [0, 0.1) is 11.7 Å². The number of carbonyl (C=O) groups is 2. The second kappa shape index (κ2) is 8.54. The van der Waals surface area contributed by atoms with Gasteiger partial charge in [0.1, 0.15) is 23.4 Å². The lowest BCUT2D eigenvalue weighted by atomic mass is 9.78. The van der Waals surface area contributed by atoms with E-state index in [1.54, 1.807) is 13.8 Å². The van der Waals surface area contributed by atoms with Crippen molar-refractivity contribution in [1.82, 2.24) is 4.98 Å². The fourth-order valence-electron chi connectivity index (χ4n) is 3.69. The SMILES string of the molecule is C[C@@H]1[C@H](c2ccc(F)cc2OC(F)F)[C@@H](C(=O)Nc2ccnc(C(N)=O)c2)OC1(C)C. The molecule has 7 nitrogen and oxygen atoms in total. The zero-order valence-electron chi connectivity index (χ0n) is 17.1. The number of halogens is 3. The molecule has 1 saturated heterocycles. The summed E-state index contributed by atoms with van der Waals surface area (Å²) in [4.78, 5) is 28.2. The van der Waals surface area contributed by atoms with E-state index in [4.69, 9.17) is 10.5 Å². The van der Waals surface area contributed by atoms with Crippen molar-refractivity contribution in [2.75, 3.05) is 5.32 Å². The molecular formula is C21H22F3N3O4. The quantitative estimate of drug-likeness (QED) is 0.721. The first-order valence-corrected chi connectivity index (χ1v) is 9.48. The second-order valence-electron chi connectivity index (χ2n) is 7.80. The van der Waals surface area contributed by atoms with Gasteiger partial charge in [-0.15, -0.1) is 0 Å². The summed E-state index contributed by atoms with van der Waals surface area (Å²) in [7, 11) is 0. The monoisotopic (exact) mass is 437 g/mol. The summed E-state index contributed by atoms with van der Waals surface area (Å²) < 4.78 is 50.0. The molecule has 0 spiro atoms. The van der Waals surface area contributed by atoms with Crippen LogP contribution >= 0.6 is 0 Å². The second-order valence-corrected chi connectivity index (χ2v) is 7.80. The number of amides is 2. The van der Waals surface area contributed by atoms with Crippen LogP contribution in [0.3, 0.4) is 0 Å². The fraction of sp³-hybridized carbons (Fsp3) is 0.381. The van der Waals surface area contributed by atoms with Crippen molar-refractivity contribution in [1.29, 1.82) is 0 Å². The number of anilines is 1. The highest BCUT2D eigenvalue weighted by Gasteiger charge is 2.51. The minimum atomic E-state index is -3.16. The van der Waals surface area contributed by atoms with Crippen LogP contribution in [0.1, 0.15) is 42.7 Å². The van der Waals surface area contributed by atoms with Gasteiger partial charge < -0.3 is 20.5 Å². The maximum Gasteiger partial charge on any atom is 0.387 e. The van der Waals surface area contributed by atoms with E-state index in [1.165, 1.54) is 24.4 Å². The van der Waals surface area contributed by atoms with Gasteiger partial charge in [0.15, 0.2) is 0 Å². The molecule has 3 rings (SSSR count). The molecule has 3 N–H and O–H groups in total. The highest BCUT2D eigenvalue weighted by Crippen LogP contribution is 2.48. The molecule has 2 heterocycles. The smallest absolute Gasteiger partial charge is 0.387 e. The minimum absolute atomic E-state index is 0.0402. The number of carbonyl (C=O) groups excluding carboxylic acids is 2. The maximum absolute atomic E-state index is 13.7. The molecule has 2 aromatic rings. The van der Waals surface area contributed by atoms with Crippen LogP contribution in [0.4, 0.5) is 18.9 Å². The Balaban J connectivity index is 1.96. The molecule has 0 unspecified atom stereocenters. The van der Waals surface area contributed by atoms with Crippen molar-refractivity contribution < 1.29 is 32.2 Å². The van der Waals surface area contributed by atoms with Gasteiger partial charge in [0.25, 0.3) is 11.8 Å². The summed E-state index contributed by atoms with van der Waals surface area (Å²) in [6, 6.07) is 6.06. The number of nitrogens with one attached hydrogen (secondary N) is 1. The van der Waals surface area contributed by atoms with Gasteiger partial charge in [0.2, 0.25) is 0 Å². The van der Waals surface area contributed by atoms with E-state index >= 15 is 0 Å². The minimum Gasteiger partial charge on any atom is -0.434 e. The topological polar surface area (TPSA) is 104 Å². The molecule has 1 aromatic heterocycles. The van der Waals surface area contributed by atoms with Gasteiger partial charge in [0, 0.05) is 29.4 Å². The molecule has 31 heavy (non-hydrogen) atoms. The summed E-state index contributed by atoms with van der Waals surface area (Å²) in [6.45, 7) is 2.19. The summed E-state index contributed by atoms with van der Waals surface area (Å²) in [6.07, 6.45) is 0.213. The van der Waals surface area contributed by atoms with Crippen molar-refractivity contribution in [2.45, 2.75) is 45.0 Å². The Bertz CT molecular complexity index is 1000. The molecule has 1 fully saturated rings. The molecule has 0 aliphatic carbocycles. The Morgan fingerprint density at radius 1 is 1.26 bits per heavy atom. The molecule has 166 valence electrons. The largest absolute Gasteiger partial charge is 0.434 e. The zero-order valence-corrected chi connectivity index (χ0v) is 17.1. The Labute approximate surface area is 176 Å². The van der Waals surface area contributed by atoms with Crippen LogP contribution < -0.4 is 15.8 Å². The first kappa shape index (κ1) is 22.5. The number of aromatic nitrogens is 1. The van der Waals surface area contributed by atoms with Crippen molar-refractivity contribution in [2.24, 2.45) is 11.7 Å². The molecule has 1 aliphatic rings. The molecular weight excluding hydrogens is 415 g/mol. The average molecular weight is 437 g/mol. The standard InChI is InChI=1S/C21H22F3N3O4/c1-10-16(13-5-4-11(22)8-15(13)30-20(23)24)17(31-21(10,2)3)19(29)27-12-6-7-26-14(9-12)18(25)28/h4-10,16-17,20H,1-3H3,(H2,25,28)(H,26,27,29)/t10-,16-,17+/m1/s1. The lowest BCUT2D eigenvalue weighted by Crippen LogP contribution is -2.33. The molecule has 10 heteroatoms. The molecule has 0 radical (unpaired) electrons. The fourth-order valence-corrected chi connectivity index (χ4v) is 3.69. The summed E-state index contributed by atoms with van der Waals surface area (Å²) in [5.74, 6) is -3.46. The number of rotatable bonds is 6. The van der Waals surface area contributed by atoms with Crippen LogP contribution in [0.5, 0.6) is 5.75 Å². The van der Waals surface area contributed by atoms with E-state index in [0.29, 0.717) is 0 Å². The van der Waals surface area contributed by atoms with E-state index in [0.717, 1.165) is 12.1 Å². The molecule has 2 amide bonds. The predicted molar refractivity (Wildman–Crippen MR) is 105 cm³/mol. The first-order chi connectivity index (χ1) is 14.5. The highest BCUT2D eigenvalue weighted by molar-refractivity contribution is 5.97. The number of hydrogen-bond acceptors (Lipinski definition) is 5. The third kappa shape index (κ3) is 4.79. The highest BCUT2D eigenvalue weighted by atomic mass is 19.3. The zero-order chi connectivity index (χ0) is 22.9. The number of nitrogens with two attached hydrogens (primary N) is 1. The average Bonchev–Trinajstić information content (AvgIpc) is 2.91. The number of ether oxygens (including phenoxy) is 2. The van der Waals surface area contributed by atoms with E-state index in [-0.39, 0.29) is 28.6 Å². The molecule has 1 aliphatic heterocycles. The number of hydrogen-bond donors (Lipinski definition) is 2. The third-order valence-electron chi connectivity index (χ3n) is 5.48. The molecule has 1 aromatic carbocycles. The van der Waals surface area contributed by atoms with Crippen LogP contribution in [-0.4, -0.2) is 35.1 Å². The van der Waals surface area contributed by atoms with E-state index in [2.05, 4.69) is 15.0 Å². The van der Waals surface area contributed by atoms with Gasteiger partial charge in [-0.05, 0) is 38.0 Å². The van der Waals surface area contributed by atoms with E-state index < -0.39 is 41.9 Å². The van der Waals surface area contributed by atoms with Crippen molar-refractivity contribution in [3.63, 3.8) is 0 Å². The number of primary amides is 1. The Morgan fingerprint density at radius 2 is 1.97 bits per heavy atom. The van der Waals surface area contributed by atoms with Crippen molar-refractivity contribution >= 4 is 17.5 Å². The first-order valence-electron chi connectivity index (χ1n) is 9.48. The lowest BCUT2D eigenvalue weighted by Gasteiger charge is -2.26. The van der Waals surface area contributed by atoms with Gasteiger partial charge >= 0.3 is 6.61 Å². The number of nitrogens with zero attached hydrogens (tertiary/aromatic N) is 1. The summed E-state index contributed by atoms with van der Waals surface area (Å²) >= 11 is 0. The Morgan fingerprint density at radius 3 is 2.61 bits per heavy atom. The van der Waals surface area contributed by atoms with Crippen molar-refractivity contribution in [3.8, 4) is 5.75 Å². The predicted octanol–water partition coefficient (Wildman–Crippen LogP) is 3.46. The molecule has 0 saturated carbocycles. The third-order valence-corrected chi connectivity index (χ3v) is 5.48. The summed E-state index contributed by atoms with van der Waals surface area (Å²) in [5, 5.41) is 2.63. The van der Waals surface area contributed by atoms with Crippen LogP contribution in [0.25, 0.3) is 0 Å². The molecule has 0 bridgehead atoms. The van der Waals surface area contributed by atoms with Crippen LogP contribution in [-0.2, 0) is 9.53 Å². The van der Waals surface area contributed by atoms with Crippen LogP contribution in [0.15, 0.2) is 36.5 Å². The number of benzene rings is 1. The number of alkyl halides is 2. The lowest BCUT2D eigenvalue weighted by molar-refractivity contribution is -0.131. The van der Waals surface area contributed by atoms with E-state index in [9.17, 15) is 22.8 Å². The summed E-state index contributed by atoms with van der Waals surface area (Å²) in [5.41, 5.74) is 4.87. The molecule has 3 atom stereocenters. The van der Waals surface area contributed by atoms with Crippen molar-refractivity contribution in [3.05, 3.63) is 53.6 Å². The van der Waals surface area contributed by atoms with Gasteiger partial charge in [-0.25, -0.2) is 4.39 Å². The van der Waals surface area contributed by atoms with Crippen LogP contribution in [0.2, 0.25) is 0 Å². The van der Waals surface area contributed by atoms with E-state index in [1.807, 2.05) is 6.92 Å². The maximum atomic E-state index is 13.7. The number of pyridine rings is 1. The Hall–Kier alpha value is -3.14. The van der Waals surface area contributed by atoms with Gasteiger partial charge in [-0.3, -0.25) is 14.6 Å². The van der Waals surface area contributed by atoms with Gasteiger partial charge in [0.05, 0.1) is 5.60 Å².